The Labute approximate surface area is 231 Å². The molecule has 2 aromatic rings. The van der Waals surface area contributed by atoms with Crippen LogP contribution in [0.15, 0.2) is 42.5 Å². The zero-order valence-electron chi connectivity index (χ0n) is 22.8. The molecule has 0 aliphatic heterocycles. The molecule has 3 aliphatic rings. The normalized spacial score (nSPS) is 27.2. The van der Waals surface area contributed by atoms with Gasteiger partial charge in [-0.05, 0) is 112 Å². The second kappa shape index (κ2) is 12.0. The van der Waals surface area contributed by atoms with Crippen LogP contribution in [-0.2, 0) is 20.7 Å². The molecule has 5 unspecified atom stereocenters. The zero-order chi connectivity index (χ0) is 27.4. The molecule has 3 aliphatic carbocycles. The molecule has 2 fully saturated rings. The lowest BCUT2D eigenvalue weighted by molar-refractivity contribution is -0.157. The Kier molecular flexibility index (Phi) is 8.92. The lowest BCUT2D eigenvalue weighted by atomic mass is 9.55. The molecule has 2 N–H and O–H groups in total. The molecular formula is C31H40ClNO5. The molecule has 6 nitrogen and oxygen atoms in total. The molecule has 206 valence electrons. The fourth-order valence-electron chi connectivity index (χ4n) is 6.88. The quantitative estimate of drug-likeness (QED) is 0.385. The van der Waals surface area contributed by atoms with E-state index < -0.39 is 6.09 Å². The predicted molar refractivity (Wildman–Crippen MR) is 150 cm³/mol. The van der Waals surface area contributed by atoms with Gasteiger partial charge in [0.15, 0.2) is 0 Å². The van der Waals surface area contributed by atoms with E-state index in [1.54, 1.807) is 38.1 Å². The summed E-state index contributed by atoms with van der Waals surface area (Å²) < 4.78 is 10.7. The van der Waals surface area contributed by atoms with Gasteiger partial charge in [-0.3, -0.25) is 10.1 Å². The number of nitrogens with one attached hydrogen (secondary N) is 1. The smallest absolute Gasteiger partial charge is 0.411 e. The Morgan fingerprint density at radius 3 is 2.63 bits per heavy atom. The third kappa shape index (κ3) is 6.28. The number of fused-ring (bicyclic) bond motifs is 5. The van der Waals surface area contributed by atoms with Crippen molar-refractivity contribution in [3.63, 3.8) is 0 Å². The van der Waals surface area contributed by atoms with Crippen molar-refractivity contribution in [2.24, 2.45) is 17.3 Å². The van der Waals surface area contributed by atoms with Crippen molar-refractivity contribution in [2.45, 2.75) is 90.8 Å². The number of hydrogen-bond acceptors (Lipinski definition) is 5. The first-order valence-corrected chi connectivity index (χ1v) is 14.2. The Hall–Kier alpha value is -2.73. The highest BCUT2D eigenvalue weighted by atomic mass is 35.5. The van der Waals surface area contributed by atoms with Crippen molar-refractivity contribution in [2.75, 3.05) is 5.32 Å². The van der Waals surface area contributed by atoms with Crippen LogP contribution < -0.4 is 5.32 Å². The summed E-state index contributed by atoms with van der Waals surface area (Å²) in [6, 6.07) is 12.8. The Morgan fingerprint density at radius 2 is 1.92 bits per heavy atom. The van der Waals surface area contributed by atoms with Gasteiger partial charge in [-0.1, -0.05) is 37.6 Å². The lowest BCUT2D eigenvalue weighted by Gasteiger charge is -2.50. The molecule has 0 heterocycles. The number of phenols is 1. The monoisotopic (exact) mass is 541 g/mol. The zero-order valence-corrected chi connectivity index (χ0v) is 23.6. The number of phenolic OH excluding ortho intramolecular Hbond substituents is 1. The minimum absolute atomic E-state index is 0.0477. The van der Waals surface area contributed by atoms with E-state index in [-0.39, 0.29) is 23.6 Å². The third-order valence-corrected chi connectivity index (χ3v) is 8.83. The molecule has 5 rings (SSSR count). The highest BCUT2D eigenvalue weighted by molar-refractivity contribution is 6.30. The van der Waals surface area contributed by atoms with Gasteiger partial charge in [0.25, 0.3) is 0 Å². The fourth-order valence-corrected chi connectivity index (χ4v) is 7.07. The first kappa shape index (κ1) is 28.3. The summed E-state index contributed by atoms with van der Waals surface area (Å²) in [5.74, 6) is 2.32. The van der Waals surface area contributed by atoms with Crippen LogP contribution in [0.2, 0.25) is 5.02 Å². The summed E-state index contributed by atoms with van der Waals surface area (Å²) in [6.07, 6.45) is 6.78. The van der Waals surface area contributed by atoms with Gasteiger partial charge in [0, 0.05) is 22.5 Å². The third-order valence-electron chi connectivity index (χ3n) is 8.60. The molecule has 0 saturated heterocycles. The SMILES string of the molecule is CC(C)OC(=O)Nc1cccc(Cl)c1.CCC(=O)OC1CCC2C3CCc4cc(O)ccc4C3CCC12C. The number of carbonyl (C=O) groups is 2. The summed E-state index contributed by atoms with van der Waals surface area (Å²) in [6.45, 7) is 7.82. The number of ether oxygens (including phenoxy) is 2. The summed E-state index contributed by atoms with van der Waals surface area (Å²) in [7, 11) is 0. The molecule has 0 aromatic heterocycles. The number of esters is 1. The van der Waals surface area contributed by atoms with Gasteiger partial charge in [-0.2, -0.15) is 0 Å². The van der Waals surface area contributed by atoms with Gasteiger partial charge in [-0.25, -0.2) is 4.79 Å². The van der Waals surface area contributed by atoms with Crippen LogP contribution >= 0.6 is 11.6 Å². The molecule has 1 amide bonds. The molecule has 5 atom stereocenters. The van der Waals surface area contributed by atoms with Crippen LogP contribution in [0.4, 0.5) is 10.5 Å². The topological polar surface area (TPSA) is 84.9 Å². The van der Waals surface area contributed by atoms with E-state index in [2.05, 4.69) is 18.3 Å². The van der Waals surface area contributed by atoms with Gasteiger partial charge < -0.3 is 14.6 Å². The maximum Gasteiger partial charge on any atom is 0.411 e. The van der Waals surface area contributed by atoms with E-state index in [1.807, 2.05) is 19.1 Å². The van der Waals surface area contributed by atoms with Crippen molar-refractivity contribution in [3.8, 4) is 5.75 Å². The van der Waals surface area contributed by atoms with E-state index in [1.165, 1.54) is 30.4 Å². The van der Waals surface area contributed by atoms with Crippen molar-refractivity contribution in [1.29, 1.82) is 0 Å². The van der Waals surface area contributed by atoms with E-state index in [9.17, 15) is 14.7 Å². The van der Waals surface area contributed by atoms with Gasteiger partial charge in [0.2, 0.25) is 0 Å². The van der Waals surface area contributed by atoms with Crippen LogP contribution in [0, 0.1) is 17.3 Å². The van der Waals surface area contributed by atoms with Crippen molar-refractivity contribution in [1.82, 2.24) is 0 Å². The fraction of sp³-hybridized carbons (Fsp3) is 0.548. The standard InChI is InChI=1S/C21H28O3.C10H12ClNO2/c1-3-20(23)24-19-9-8-18-17-6-4-13-12-14(22)5-7-15(13)16(17)10-11-21(18,19)2;1-7(2)14-10(13)12-9-5-3-4-8(11)6-9/h5,7,12,16-19,22H,3-4,6,8-11H2,1-2H3;3-7H,1-2H3,(H,12,13). The highest BCUT2D eigenvalue weighted by Gasteiger charge is 2.56. The summed E-state index contributed by atoms with van der Waals surface area (Å²) in [4.78, 5) is 23.0. The van der Waals surface area contributed by atoms with Crippen molar-refractivity contribution in [3.05, 3.63) is 58.6 Å². The minimum Gasteiger partial charge on any atom is -0.508 e. The molecule has 2 saturated carbocycles. The van der Waals surface area contributed by atoms with E-state index in [0.717, 1.165) is 19.3 Å². The molecule has 7 heteroatoms. The second-order valence-electron chi connectivity index (χ2n) is 11.3. The first-order chi connectivity index (χ1) is 18.1. The number of anilines is 1. The number of hydrogen-bond donors (Lipinski definition) is 2. The van der Waals surface area contributed by atoms with Crippen molar-refractivity contribution < 1.29 is 24.2 Å². The average molecular weight is 542 g/mol. The van der Waals surface area contributed by atoms with Crippen LogP contribution in [0.1, 0.15) is 83.3 Å². The predicted octanol–water partition coefficient (Wildman–Crippen LogP) is 7.87. The van der Waals surface area contributed by atoms with Crippen LogP contribution in [-0.4, -0.2) is 29.4 Å². The number of amides is 1. The van der Waals surface area contributed by atoms with Crippen LogP contribution in [0.5, 0.6) is 5.75 Å². The number of benzene rings is 2. The molecule has 2 aromatic carbocycles. The van der Waals surface area contributed by atoms with E-state index >= 15 is 0 Å². The molecule has 0 bridgehead atoms. The highest BCUT2D eigenvalue weighted by Crippen LogP contribution is 2.61. The summed E-state index contributed by atoms with van der Waals surface area (Å²) >= 11 is 5.74. The van der Waals surface area contributed by atoms with Crippen LogP contribution in [0.3, 0.4) is 0 Å². The lowest BCUT2D eigenvalue weighted by Crippen LogP contribution is -2.45. The number of halogens is 1. The minimum atomic E-state index is -0.470. The van der Waals surface area contributed by atoms with Gasteiger partial charge in [-0.15, -0.1) is 0 Å². The van der Waals surface area contributed by atoms with E-state index in [4.69, 9.17) is 21.1 Å². The van der Waals surface area contributed by atoms with E-state index in [0.29, 0.717) is 40.6 Å². The Morgan fingerprint density at radius 1 is 1.13 bits per heavy atom. The van der Waals surface area contributed by atoms with Crippen molar-refractivity contribution >= 4 is 29.4 Å². The maximum absolute atomic E-state index is 11.8. The first-order valence-electron chi connectivity index (χ1n) is 13.8. The molecule has 0 spiro atoms. The van der Waals surface area contributed by atoms with Gasteiger partial charge in [0.1, 0.15) is 11.9 Å². The summed E-state index contributed by atoms with van der Waals surface area (Å²) in [5.41, 5.74) is 3.58. The van der Waals surface area contributed by atoms with Gasteiger partial charge in [0.05, 0.1) is 6.10 Å². The number of aromatic hydroxyl groups is 1. The Balaban J connectivity index is 0.000000206. The van der Waals surface area contributed by atoms with Crippen LogP contribution in [0.25, 0.3) is 0 Å². The molecule has 38 heavy (non-hydrogen) atoms. The molecular weight excluding hydrogens is 502 g/mol. The number of aryl methyl sites for hydroxylation is 1. The number of rotatable bonds is 4. The number of carbonyl (C=O) groups excluding carboxylic acids is 2. The molecule has 0 radical (unpaired) electrons. The average Bonchev–Trinajstić information content (AvgIpc) is 3.19. The Bertz CT molecular complexity index is 1150. The van der Waals surface area contributed by atoms with Gasteiger partial charge >= 0.3 is 12.1 Å². The second-order valence-corrected chi connectivity index (χ2v) is 11.8. The summed E-state index contributed by atoms with van der Waals surface area (Å²) in [5, 5.41) is 12.9. The maximum atomic E-state index is 11.8. The largest absolute Gasteiger partial charge is 0.508 e.